The molecule has 0 aliphatic heterocycles. The van der Waals surface area contributed by atoms with E-state index in [1.807, 2.05) is 7.05 Å². The van der Waals surface area contributed by atoms with Crippen LogP contribution >= 0.6 is 0 Å². The van der Waals surface area contributed by atoms with Crippen LogP contribution in [0.3, 0.4) is 0 Å². The second-order valence-corrected chi connectivity index (χ2v) is 5.68. The molecule has 1 N–H and O–H groups in total. The summed E-state index contributed by atoms with van der Waals surface area (Å²) < 4.78 is 10.6. The lowest BCUT2D eigenvalue weighted by Crippen LogP contribution is -2.27. The molecule has 118 valence electrons. The Morgan fingerprint density at radius 2 is 1.76 bits per heavy atom. The molecule has 2 rings (SSSR count). The number of aromatic nitrogens is 2. The van der Waals surface area contributed by atoms with Crippen LogP contribution in [0.1, 0.15) is 56.7 Å². The van der Waals surface area contributed by atoms with Crippen molar-refractivity contribution in [1.29, 1.82) is 0 Å². The first-order chi connectivity index (χ1) is 10.3. The smallest absolute Gasteiger partial charge is 0.240 e. The summed E-state index contributed by atoms with van der Waals surface area (Å²) in [6.07, 6.45) is 10.8. The fourth-order valence-electron chi connectivity index (χ4n) is 3.24. The molecule has 21 heavy (non-hydrogen) atoms. The van der Waals surface area contributed by atoms with E-state index in [4.69, 9.17) is 9.47 Å². The molecule has 1 unspecified atom stereocenters. The van der Waals surface area contributed by atoms with Gasteiger partial charge >= 0.3 is 0 Å². The van der Waals surface area contributed by atoms with Gasteiger partial charge in [-0.25, -0.2) is 4.98 Å². The highest BCUT2D eigenvalue weighted by Crippen LogP contribution is 2.35. The van der Waals surface area contributed by atoms with E-state index in [1.54, 1.807) is 20.4 Å². The van der Waals surface area contributed by atoms with Gasteiger partial charge in [-0.2, -0.15) is 4.98 Å². The van der Waals surface area contributed by atoms with Crippen molar-refractivity contribution in [2.45, 2.75) is 51.0 Å². The number of methoxy groups -OCH3 is 2. The first-order valence-corrected chi connectivity index (χ1v) is 7.92. The van der Waals surface area contributed by atoms with E-state index >= 15 is 0 Å². The molecule has 1 aliphatic rings. The fraction of sp³-hybridized carbons (Fsp3) is 0.750. The van der Waals surface area contributed by atoms with E-state index in [2.05, 4.69) is 15.3 Å². The van der Waals surface area contributed by atoms with Crippen LogP contribution in [-0.4, -0.2) is 31.2 Å². The Morgan fingerprint density at radius 3 is 2.33 bits per heavy atom. The molecule has 1 aliphatic carbocycles. The van der Waals surface area contributed by atoms with Crippen molar-refractivity contribution < 1.29 is 9.47 Å². The lowest BCUT2D eigenvalue weighted by Gasteiger charge is -2.28. The highest BCUT2D eigenvalue weighted by Gasteiger charge is 2.27. The van der Waals surface area contributed by atoms with Crippen LogP contribution < -0.4 is 14.8 Å². The Hall–Kier alpha value is -1.36. The molecule has 1 fully saturated rings. The zero-order valence-corrected chi connectivity index (χ0v) is 13.4. The normalized spacial score (nSPS) is 18.6. The quantitative estimate of drug-likeness (QED) is 0.904. The average molecular weight is 293 g/mol. The molecule has 0 aromatic carbocycles. The third-order valence-electron chi connectivity index (χ3n) is 4.37. The number of ether oxygens (including phenoxy) is 2. The summed E-state index contributed by atoms with van der Waals surface area (Å²) in [5.41, 5.74) is 0.895. The Kier molecular flexibility index (Phi) is 6.23. The molecule has 1 aromatic heterocycles. The first kappa shape index (κ1) is 16.0. The van der Waals surface area contributed by atoms with Gasteiger partial charge in [0.05, 0.1) is 26.5 Å². The number of rotatable bonds is 5. The highest BCUT2D eigenvalue weighted by atomic mass is 16.5. The molecule has 0 radical (unpaired) electrons. The van der Waals surface area contributed by atoms with E-state index in [9.17, 15) is 0 Å². The summed E-state index contributed by atoms with van der Waals surface area (Å²) in [6, 6.07) is 0.191. The third-order valence-corrected chi connectivity index (χ3v) is 4.37. The lowest BCUT2D eigenvalue weighted by molar-refractivity contribution is 0.281. The minimum absolute atomic E-state index is 0.191. The molecule has 0 bridgehead atoms. The molecule has 5 heteroatoms. The summed E-state index contributed by atoms with van der Waals surface area (Å²) in [5, 5.41) is 3.43. The van der Waals surface area contributed by atoms with E-state index in [-0.39, 0.29) is 6.04 Å². The van der Waals surface area contributed by atoms with Crippen LogP contribution in [0.4, 0.5) is 0 Å². The minimum atomic E-state index is 0.191. The lowest BCUT2D eigenvalue weighted by atomic mass is 9.84. The standard InChI is InChI=1S/C16H27N3O2/c1-17-14(12-9-7-5-4-6-8-10-12)15-16(21-3)19-13(20-2)11-18-15/h11-12,14,17H,4-10H2,1-3H3. The molecule has 1 atom stereocenters. The van der Waals surface area contributed by atoms with Crippen molar-refractivity contribution in [3.8, 4) is 11.8 Å². The van der Waals surface area contributed by atoms with Gasteiger partial charge in [0.2, 0.25) is 11.8 Å². The first-order valence-electron chi connectivity index (χ1n) is 7.92. The van der Waals surface area contributed by atoms with Crippen LogP contribution in [0.5, 0.6) is 11.8 Å². The summed E-state index contributed by atoms with van der Waals surface area (Å²) >= 11 is 0. The molecular weight excluding hydrogens is 266 g/mol. The largest absolute Gasteiger partial charge is 0.480 e. The summed E-state index contributed by atoms with van der Waals surface area (Å²) in [5.74, 6) is 1.64. The second kappa shape index (κ2) is 8.17. The van der Waals surface area contributed by atoms with Gasteiger partial charge in [-0.15, -0.1) is 0 Å². The van der Waals surface area contributed by atoms with Crippen molar-refractivity contribution in [1.82, 2.24) is 15.3 Å². The molecular formula is C16H27N3O2. The van der Waals surface area contributed by atoms with Crippen molar-refractivity contribution in [3.63, 3.8) is 0 Å². The predicted octanol–water partition coefficient (Wildman–Crippen LogP) is 3.11. The number of nitrogens with zero attached hydrogens (tertiary/aromatic N) is 2. The van der Waals surface area contributed by atoms with Gasteiger partial charge in [0, 0.05) is 0 Å². The van der Waals surface area contributed by atoms with E-state index < -0.39 is 0 Å². The summed E-state index contributed by atoms with van der Waals surface area (Å²) in [4.78, 5) is 8.91. The number of hydrogen-bond acceptors (Lipinski definition) is 5. The van der Waals surface area contributed by atoms with Gasteiger partial charge in [-0.05, 0) is 25.8 Å². The molecule has 1 heterocycles. The van der Waals surface area contributed by atoms with Gasteiger partial charge in [0.25, 0.3) is 0 Å². The van der Waals surface area contributed by atoms with E-state index in [1.165, 1.54) is 44.9 Å². The minimum Gasteiger partial charge on any atom is -0.480 e. The van der Waals surface area contributed by atoms with Gasteiger partial charge in [0.1, 0.15) is 5.69 Å². The number of hydrogen-bond donors (Lipinski definition) is 1. The van der Waals surface area contributed by atoms with Gasteiger partial charge < -0.3 is 14.8 Å². The van der Waals surface area contributed by atoms with Gasteiger partial charge in [0.15, 0.2) is 0 Å². The Balaban J connectivity index is 2.22. The van der Waals surface area contributed by atoms with Crippen molar-refractivity contribution in [2.24, 2.45) is 5.92 Å². The molecule has 0 amide bonds. The zero-order valence-electron chi connectivity index (χ0n) is 13.4. The van der Waals surface area contributed by atoms with Crippen LogP contribution in [0.25, 0.3) is 0 Å². The monoisotopic (exact) mass is 293 g/mol. The van der Waals surface area contributed by atoms with Crippen molar-refractivity contribution >= 4 is 0 Å². The summed E-state index contributed by atoms with van der Waals surface area (Å²) in [7, 11) is 5.22. The van der Waals surface area contributed by atoms with Crippen molar-refractivity contribution in [2.75, 3.05) is 21.3 Å². The maximum Gasteiger partial charge on any atom is 0.240 e. The molecule has 5 nitrogen and oxygen atoms in total. The van der Waals surface area contributed by atoms with Crippen LogP contribution in [-0.2, 0) is 0 Å². The van der Waals surface area contributed by atoms with Crippen LogP contribution in [0, 0.1) is 5.92 Å². The van der Waals surface area contributed by atoms with E-state index in [0.717, 1.165) is 5.69 Å². The second-order valence-electron chi connectivity index (χ2n) is 5.68. The molecule has 1 saturated carbocycles. The molecule has 0 spiro atoms. The van der Waals surface area contributed by atoms with Crippen LogP contribution in [0.2, 0.25) is 0 Å². The van der Waals surface area contributed by atoms with Gasteiger partial charge in [-0.1, -0.05) is 32.1 Å². The fourth-order valence-corrected chi connectivity index (χ4v) is 3.24. The maximum atomic E-state index is 5.42. The van der Waals surface area contributed by atoms with E-state index in [0.29, 0.717) is 17.7 Å². The van der Waals surface area contributed by atoms with Crippen molar-refractivity contribution in [3.05, 3.63) is 11.9 Å². The van der Waals surface area contributed by atoms with Crippen LogP contribution in [0.15, 0.2) is 6.20 Å². The Labute approximate surface area is 127 Å². The van der Waals surface area contributed by atoms with Gasteiger partial charge in [-0.3, -0.25) is 0 Å². The molecule has 0 saturated heterocycles. The predicted molar refractivity (Wildman–Crippen MR) is 82.7 cm³/mol. The zero-order chi connectivity index (χ0) is 15.1. The SMILES string of the molecule is CNC(c1ncc(OC)nc1OC)C1CCCCCCC1. The average Bonchev–Trinajstić information content (AvgIpc) is 2.49. The summed E-state index contributed by atoms with van der Waals surface area (Å²) in [6.45, 7) is 0. The highest BCUT2D eigenvalue weighted by molar-refractivity contribution is 5.26. The maximum absolute atomic E-state index is 5.42. The number of nitrogens with one attached hydrogen (secondary N) is 1. The topological polar surface area (TPSA) is 56.3 Å². The molecule has 1 aromatic rings. The Bertz CT molecular complexity index is 432. The third kappa shape index (κ3) is 4.06. The Morgan fingerprint density at radius 1 is 1.10 bits per heavy atom.